The van der Waals surface area contributed by atoms with Crippen LogP contribution in [0.5, 0.6) is 0 Å². The van der Waals surface area contributed by atoms with Crippen LogP contribution >= 0.6 is 0 Å². The fraction of sp³-hybridized carbons (Fsp3) is 0.500. The van der Waals surface area contributed by atoms with Gasteiger partial charge in [0.25, 0.3) is 0 Å². The van der Waals surface area contributed by atoms with Crippen LogP contribution in [0.25, 0.3) is 0 Å². The molecule has 0 bridgehead atoms. The number of hydrogen-bond donors (Lipinski definition) is 2. The lowest BCUT2D eigenvalue weighted by molar-refractivity contribution is 0.399. The Morgan fingerprint density at radius 3 is 2.69 bits per heavy atom. The van der Waals surface area contributed by atoms with E-state index in [0.717, 1.165) is 17.1 Å². The lowest BCUT2D eigenvalue weighted by Crippen LogP contribution is -2.37. The Labute approximate surface area is 96.0 Å². The van der Waals surface area contributed by atoms with Gasteiger partial charge in [-0.2, -0.15) is 0 Å². The molecule has 0 aliphatic heterocycles. The molecule has 16 heavy (non-hydrogen) atoms. The fourth-order valence-corrected chi connectivity index (χ4v) is 1.95. The molecule has 2 rings (SSSR count). The number of pyridine rings is 1. The molecule has 1 fully saturated rings. The highest BCUT2D eigenvalue weighted by molar-refractivity contribution is 5.95. The number of amidine groups is 1. The summed E-state index contributed by atoms with van der Waals surface area (Å²) < 4.78 is 0. The van der Waals surface area contributed by atoms with Crippen LogP contribution in [0.1, 0.15) is 30.5 Å². The Bertz CT molecular complexity index is 409. The van der Waals surface area contributed by atoms with Gasteiger partial charge in [-0.05, 0) is 38.3 Å². The Morgan fingerprint density at radius 1 is 1.50 bits per heavy atom. The molecule has 0 amide bonds. The number of aromatic nitrogens is 1. The molecule has 1 heterocycles. The number of nitrogens with two attached hydrogens (primary N) is 1. The fourth-order valence-electron chi connectivity index (χ4n) is 1.95. The maximum atomic E-state index is 7.47. The van der Waals surface area contributed by atoms with Crippen molar-refractivity contribution in [1.29, 1.82) is 5.41 Å². The van der Waals surface area contributed by atoms with Crippen LogP contribution in [-0.4, -0.2) is 23.9 Å². The second-order valence-electron chi connectivity index (χ2n) is 4.46. The van der Waals surface area contributed by atoms with E-state index >= 15 is 0 Å². The average molecular weight is 218 g/mol. The van der Waals surface area contributed by atoms with Crippen molar-refractivity contribution in [3.05, 3.63) is 23.4 Å². The van der Waals surface area contributed by atoms with Crippen molar-refractivity contribution in [3.63, 3.8) is 0 Å². The van der Waals surface area contributed by atoms with E-state index in [-0.39, 0.29) is 5.84 Å². The van der Waals surface area contributed by atoms with E-state index in [9.17, 15) is 0 Å². The second kappa shape index (κ2) is 4.12. The normalized spacial score (nSPS) is 15.6. The first-order valence-electron chi connectivity index (χ1n) is 5.64. The predicted molar refractivity (Wildman–Crippen MR) is 66.0 cm³/mol. The van der Waals surface area contributed by atoms with Crippen molar-refractivity contribution in [2.24, 2.45) is 5.73 Å². The molecule has 0 aromatic carbocycles. The van der Waals surface area contributed by atoms with Crippen molar-refractivity contribution in [3.8, 4) is 0 Å². The van der Waals surface area contributed by atoms with Gasteiger partial charge in [0.1, 0.15) is 11.7 Å². The van der Waals surface area contributed by atoms with Gasteiger partial charge in [0.2, 0.25) is 0 Å². The third-order valence-corrected chi connectivity index (χ3v) is 3.23. The molecule has 86 valence electrons. The molecule has 0 spiro atoms. The maximum Gasteiger partial charge on any atom is 0.129 e. The summed E-state index contributed by atoms with van der Waals surface area (Å²) in [6, 6.07) is 4.35. The van der Waals surface area contributed by atoms with Crippen molar-refractivity contribution < 1.29 is 0 Å². The first-order valence-corrected chi connectivity index (χ1v) is 5.64. The number of aryl methyl sites for hydroxylation is 1. The zero-order valence-electron chi connectivity index (χ0n) is 9.83. The Hall–Kier alpha value is -1.58. The molecule has 1 aromatic heterocycles. The average Bonchev–Trinajstić information content (AvgIpc) is 2.13. The highest BCUT2D eigenvalue weighted by Crippen LogP contribution is 2.27. The Morgan fingerprint density at radius 2 is 2.19 bits per heavy atom. The van der Waals surface area contributed by atoms with Crippen LogP contribution in [0.15, 0.2) is 12.1 Å². The van der Waals surface area contributed by atoms with E-state index in [1.165, 1.54) is 19.3 Å². The summed E-state index contributed by atoms with van der Waals surface area (Å²) in [5.41, 5.74) is 7.18. The van der Waals surface area contributed by atoms with Crippen molar-refractivity contribution >= 4 is 11.7 Å². The largest absolute Gasteiger partial charge is 0.384 e. The van der Waals surface area contributed by atoms with Gasteiger partial charge in [-0.15, -0.1) is 0 Å². The molecule has 1 aromatic rings. The van der Waals surface area contributed by atoms with E-state index in [1.807, 2.05) is 19.1 Å². The molecule has 0 saturated heterocycles. The van der Waals surface area contributed by atoms with Crippen LogP contribution < -0.4 is 10.6 Å². The van der Waals surface area contributed by atoms with Gasteiger partial charge < -0.3 is 10.6 Å². The van der Waals surface area contributed by atoms with Crippen LogP contribution in [0, 0.1) is 12.3 Å². The smallest absolute Gasteiger partial charge is 0.129 e. The molecule has 0 unspecified atom stereocenters. The number of nitrogens with zero attached hydrogens (tertiary/aromatic N) is 2. The van der Waals surface area contributed by atoms with Crippen molar-refractivity contribution in [1.82, 2.24) is 4.98 Å². The van der Waals surface area contributed by atoms with E-state index < -0.39 is 0 Å². The summed E-state index contributed by atoms with van der Waals surface area (Å²) in [7, 11) is 2.06. The van der Waals surface area contributed by atoms with Gasteiger partial charge in [-0.3, -0.25) is 5.41 Å². The Kier molecular flexibility index (Phi) is 2.81. The standard InChI is InChI=1S/C12H18N4/c1-8-6-9(12(13)14)7-11(15-8)16(2)10-4-3-5-10/h6-7,10H,3-5H2,1-2H3,(H3,13,14). The van der Waals surface area contributed by atoms with Gasteiger partial charge in [0.15, 0.2) is 0 Å². The Balaban J connectivity index is 2.28. The number of hydrogen-bond acceptors (Lipinski definition) is 3. The van der Waals surface area contributed by atoms with E-state index in [4.69, 9.17) is 11.1 Å². The summed E-state index contributed by atoms with van der Waals surface area (Å²) in [5.74, 6) is 1.03. The van der Waals surface area contributed by atoms with E-state index in [2.05, 4.69) is 16.9 Å². The lowest BCUT2D eigenvalue weighted by atomic mass is 9.92. The number of anilines is 1. The lowest BCUT2D eigenvalue weighted by Gasteiger charge is -2.35. The van der Waals surface area contributed by atoms with Crippen LogP contribution in [-0.2, 0) is 0 Å². The SMILES string of the molecule is Cc1cc(C(=N)N)cc(N(C)C2CCC2)n1. The second-order valence-corrected chi connectivity index (χ2v) is 4.46. The summed E-state index contributed by atoms with van der Waals surface area (Å²) in [6.07, 6.45) is 3.78. The van der Waals surface area contributed by atoms with E-state index in [1.54, 1.807) is 0 Å². The molecular weight excluding hydrogens is 200 g/mol. The summed E-state index contributed by atoms with van der Waals surface area (Å²) in [5, 5.41) is 7.47. The maximum absolute atomic E-state index is 7.47. The third-order valence-electron chi connectivity index (χ3n) is 3.23. The number of nitrogens with one attached hydrogen (secondary N) is 1. The highest BCUT2D eigenvalue weighted by atomic mass is 15.2. The quantitative estimate of drug-likeness (QED) is 0.599. The van der Waals surface area contributed by atoms with Crippen molar-refractivity contribution in [2.75, 3.05) is 11.9 Å². The molecule has 1 aliphatic carbocycles. The minimum Gasteiger partial charge on any atom is -0.384 e. The monoisotopic (exact) mass is 218 g/mol. The number of rotatable bonds is 3. The topological polar surface area (TPSA) is 66.0 Å². The number of nitrogen functional groups attached to an aromatic ring is 1. The molecule has 4 nitrogen and oxygen atoms in total. The predicted octanol–water partition coefficient (Wildman–Crippen LogP) is 1.66. The third kappa shape index (κ3) is 2.01. The molecule has 0 radical (unpaired) electrons. The van der Waals surface area contributed by atoms with E-state index in [0.29, 0.717) is 6.04 Å². The first-order chi connectivity index (χ1) is 7.58. The minimum atomic E-state index is 0.105. The van der Waals surface area contributed by atoms with Gasteiger partial charge in [0, 0.05) is 24.3 Å². The van der Waals surface area contributed by atoms with Gasteiger partial charge >= 0.3 is 0 Å². The zero-order valence-corrected chi connectivity index (χ0v) is 9.83. The summed E-state index contributed by atoms with van der Waals surface area (Å²) in [4.78, 5) is 6.69. The van der Waals surface area contributed by atoms with Gasteiger partial charge in [-0.25, -0.2) is 4.98 Å². The summed E-state index contributed by atoms with van der Waals surface area (Å²) >= 11 is 0. The van der Waals surface area contributed by atoms with Crippen LogP contribution in [0.3, 0.4) is 0 Å². The van der Waals surface area contributed by atoms with Crippen molar-refractivity contribution in [2.45, 2.75) is 32.2 Å². The minimum absolute atomic E-state index is 0.105. The molecule has 3 N–H and O–H groups in total. The molecule has 0 atom stereocenters. The van der Waals surface area contributed by atoms with Crippen LogP contribution in [0.4, 0.5) is 5.82 Å². The van der Waals surface area contributed by atoms with Gasteiger partial charge in [0.05, 0.1) is 0 Å². The summed E-state index contributed by atoms with van der Waals surface area (Å²) in [6.45, 7) is 1.94. The van der Waals surface area contributed by atoms with Gasteiger partial charge in [-0.1, -0.05) is 0 Å². The zero-order chi connectivity index (χ0) is 11.7. The first kappa shape index (κ1) is 10.9. The highest BCUT2D eigenvalue weighted by Gasteiger charge is 2.23. The van der Waals surface area contributed by atoms with Crippen LogP contribution in [0.2, 0.25) is 0 Å². The molecule has 4 heteroatoms. The molecular formula is C12H18N4. The molecule has 1 saturated carbocycles. The molecule has 1 aliphatic rings.